The molecule has 1 amide bonds. The zero-order valence-electron chi connectivity index (χ0n) is 11.7. The number of hydrogen-bond donors (Lipinski definition) is 3. The summed E-state index contributed by atoms with van der Waals surface area (Å²) >= 11 is 1.18. The molecule has 0 radical (unpaired) electrons. The SMILES string of the molecule is CC(=O)N[C@H](CSCC1C(=O)CCCC1C(=O)O)C(=O)O. The number of rotatable bonds is 7. The lowest BCUT2D eigenvalue weighted by atomic mass is 9.79. The summed E-state index contributed by atoms with van der Waals surface area (Å²) in [4.78, 5) is 44.8. The number of carboxylic acid groups (broad SMARTS) is 2. The Morgan fingerprint density at radius 1 is 1.38 bits per heavy atom. The highest BCUT2D eigenvalue weighted by molar-refractivity contribution is 7.99. The van der Waals surface area contributed by atoms with Gasteiger partial charge in [0.2, 0.25) is 5.91 Å². The Morgan fingerprint density at radius 2 is 2.05 bits per heavy atom. The second-order valence-corrected chi connectivity index (χ2v) is 6.11. The number of Topliss-reactive ketones (excluding diaryl/α,β-unsaturated/α-hetero) is 1. The van der Waals surface area contributed by atoms with Gasteiger partial charge in [-0.3, -0.25) is 14.4 Å². The van der Waals surface area contributed by atoms with Crippen molar-refractivity contribution in [1.29, 1.82) is 0 Å². The average molecular weight is 317 g/mol. The Bertz CT molecular complexity index is 438. The van der Waals surface area contributed by atoms with E-state index in [1.807, 2.05) is 0 Å². The fraction of sp³-hybridized carbons (Fsp3) is 0.692. The molecule has 0 spiro atoms. The first-order valence-corrected chi connectivity index (χ1v) is 7.81. The highest BCUT2D eigenvalue weighted by Crippen LogP contribution is 2.30. The third kappa shape index (κ3) is 5.37. The van der Waals surface area contributed by atoms with Gasteiger partial charge < -0.3 is 15.5 Å². The molecule has 1 rings (SSSR count). The normalized spacial score (nSPS) is 23.4. The molecule has 0 aromatic carbocycles. The zero-order valence-corrected chi connectivity index (χ0v) is 12.5. The topological polar surface area (TPSA) is 121 Å². The summed E-state index contributed by atoms with van der Waals surface area (Å²) in [5.74, 6) is -3.55. The minimum Gasteiger partial charge on any atom is -0.481 e. The van der Waals surface area contributed by atoms with Gasteiger partial charge in [0, 0.05) is 30.8 Å². The van der Waals surface area contributed by atoms with Crippen molar-refractivity contribution in [3.63, 3.8) is 0 Å². The van der Waals surface area contributed by atoms with Crippen LogP contribution < -0.4 is 5.32 Å². The molecule has 21 heavy (non-hydrogen) atoms. The molecule has 0 heterocycles. The molecule has 3 atom stereocenters. The number of thioether (sulfide) groups is 1. The molecular weight excluding hydrogens is 298 g/mol. The van der Waals surface area contributed by atoms with Crippen LogP contribution in [0.25, 0.3) is 0 Å². The molecule has 1 saturated carbocycles. The largest absolute Gasteiger partial charge is 0.481 e. The molecule has 2 unspecified atom stereocenters. The van der Waals surface area contributed by atoms with Crippen LogP contribution in [0.15, 0.2) is 0 Å². The van der Waals surface area contributed by atoms with Crippen LogP contribution in [0.5, 0.6) is 0 Å². The van der Waals surface area contributed by atoms with E-state index < -0.39 is 35.7 Å². The van der Waals surface area contributed by atoms with Gasteiger partial charge in [-0.25, -0.2) is 4.79 Å². The number of ketones is 1. The molecule has 3 N–H and O–H groups in total. The highest BCUT2D eigenvalue weighted by atomic mass is 32.2. The van der Waals surface area contributed by atoms with Crippen molar-refractivity contribution in [2.24, 2.45) is 11.8 Å². The second-order valence-electron chi connectivity index (χ2n) is 5.04. The summed E-state index contributed by atoms with van der Waals surface area (Å²) in [7, 11) is 0. The standard InChI is InChI=1S/C13H19NO6S/c1-7(15)14-10(13(19)20)6-21-5-9-8(12(17)18)3-2-4-11(9)16/h8-10H,2-6H2,1H3,(H,14,15)(H,17,18)(H,19,20)/t8?,9?,10-/m1/s1. The number of hydrogen-bond acceptors (Lipinski definition) is 5. The van der Waals surface area contributed by atoms with Crippen molar-refractivity contribution in [3.8, 4) is 0 Å². The lowest BCUT2D eigenvalue weighted by Gasteiger charge is -2.27. The highest BCUT2D eigenvalue weighted by Gasteiger charge is 2.36. The predicted molar refractivity (Wildman–Crippen MR) is 76.0 cm³/mol. The Balaban J connectivity index is 2.54. The maximum atomic E-state index is 11.8. The molecule has 0 saturated heterocycles. The molecule has 7 nitrogen and oxygen atoms in total. The average Bonchev–Trinajstić information content (AvgIpc) is 2.38. The Morgan fingerprint density at radius 3 is 2.57 bits per heavy atom. The van der Waals surface area contributed by atoms with Gasteiger partial charge >= 0.3 is 11.9 Å². The summed E-state index contributed by atoms with van der Waals surface area (Å²) in [6.07, 6.45) is 1.43. The Hall–Kier alpha value is -1.57. The van der Waals surface area contributed by atoms with Crippen LogP contribution >= 0.6 is 11.8 Å². The quantitative estimate of drug-likeness (QED) is 0.620. The lowest BCUT2D eigenvalue weighted by Crippen LogP contribution is -2.42. The van der Waals surface area contributed by atoms with Crippen molar-refractivity contribution in [1.82, 2.24) is 5.32 Å². The molecule has 0 aromatic heterocycles. The molecule has 8 heteroatoms. The van der Waals surface area contributed by atoms with Gasteiger partial charge in [-0.2, -0.15) is 11.8 Å². The summed E-state index contributed by atoms with van der Waals surface area (Å²) < 4.78 is 0. The van der Waals surface area contributed by atoms with E-state index in [-0.39, 0.29) is 17.3 Å². The summed E-state index contributed by atoms with van der Waals surface area (Å²) in [5.41, 5.74) is 0. The number of carboxylic acids is 2. The first-order chi connectivity index (χ1) is 9.82. The van der Waals surface area contributed by atoms with Crippen molar-refractivity contribution >= 4 is 35.4 Å². The van der Waals surface area contributed by atoms with E-state index in [4.69, 9.17) is 10.2 Å². The zero-order chi connectivity index (χ0) is 16.0. The van der Waals surface area contributed by atoms with Crippen LogP contribution in [-0.4, -0.2) is 51.4 Å². The summed E-state index contributed by atoms with van der Waals surface area (Å²) in [6.45, 7) is 1.23. The molecular formula is C13H19NO6S. The summed E-state index contributed by atoms with van der Waals surface area (Å²) in [6, 6.07) is -1.03. The fourth-order valence-corrected chi connectivity index (χ4v) is 3.61. The molecule has 1 aliphatic carbocycles. The number of aliphatic carboxylic acids is 2. The van der Waals surface area contributed by atoms with Crippen molar-refractivity contribution < 1.29 is 29.4 Å². The molecule has 1 fully saturated rings. The van der Waals surface area contributed by atoms with E-state index in [2.05, 4.69) is 5.32 Å². The van der Waals surface area contributed by atoms with E-state index in [1.54, 1.807) is 0 Å². The van der Waals surface area contributed by atoms with Crippen LogP contribution in [-0.2, 0) is 19.2 Å². The third-order valence-corrected chi connectivity index (χ3v) is 4.58. The van der Waals surface area contributed by atoms with Gasteiger partial charge in [0.1, 0.15) is 11.8 Å². The Labute approximate surface area is 126 Å². The van der Waals surface area contributed by atoms with Gasteiger partial charge in [0.15, 0.2) is 0 Å². The van der Waals surface area contributed by atoms with E-state index in [9.17, 15) is 19.2 Å². The molecule has 0 aromatic rings. The summed E-state index contributed by atoms with van der Waals surface area (Å²) in [5, 5.41) is 20.4. The first kappa shape index (κ1) is 17.5. The molecule has 118 valence electrons. The van der Waals surface area contributed by atoms with Gasteiger partial charge in [0.05, 0.1) is 5.92 Å². The van der Waals surface area contributed by atoms with E-state index >= 15 is 0 Å². The van der Waals surface area contributed by atoms with Gasteiger partial charge in [-0.15, -0.1) is 0 Å². The van der Waals surface area contributed by atoms with Crippen LogP contribution in [0.3, 0.4) is 0 Å². The van der Waals surface area contributed by atoms with Crippen LogP contribution in [0.4, 0.5) is 0 Å². The molecule has 0 aliphatic heterocycles. The van der Waals surface area contributed by atoms with E-state index in [0.717, 1.165) is 0 Å². The number of amides is 1. The smallest absolute Gasteiger partial charge is 0.327 e. The minimum absolute atomic E-state index is 0.0763. The molecule has 1 aliphatic rings. The van der Waals surface area contributed by atoms with Crippen LogP contribution in [0.2, 0.25) is 0 Å². The number of carbonyl (C=O) groups is 4. The molecule has 0 bridgehead atoms. The van der Waals surface area contributed by atoms with Gasteiger partial charge in [-0.1, -0.05) is 0 Å². The predicted octanol–water partition coefficient (Wildman–Crippen LogP) is 0.379. The maximum absolute atomic E-state index is 11.8. The van der Waals surface area contributed by atoms with Crippen LogP contribution in [0, 0.1) is 11.8 Å². The minimum atomic E-state index is -1.15. The van der Waals surface area contributed by atoms with E-state index in [0.29, 0.717) is 19.3 Å². The lowest BCUT2D eigenvalue weighted by molar-refractivity contribution is -0.148. The third-order valence-electron chi connectivity index (χ3n) is 3.41. The Kier molecular flexibility index (Phi) is 6.67. The first-order valence-electron chi connectivity index (χ1n) is 6.66. The maximum Gasteiger partial charge on any atom is 0.327 e. The second kappa shape index (κ2) is 8.02. The van der Waals surface area contributed by atoms with Crippen molar-refractivity contribution in [2.75, 3.05) is 11.5 Å². The number of nitrogens with one attached hydrogen (secondary N) is 1. The van der Waals surface area contributed by atoms with Crippen molar-refractivity contribution in [3.05, 3.63) is 0 Å². The monoisotopic (exact) mass is 317 g/mol. The fourth-order valence-electron chi connectivity index (χ4n) is 2.34. The van der Waals surface area contributed by atoms with Gasteiger partial charge in [0.25, 0.3) is 0 Å². The van der Waals surface area contributed by atoms with E-state index in [1.165, 1.54) is 18.7 Å². The van der Waals surface area contributed by atoms with Gasteiger partial charge in [-0.05, 0) is 12.8 Å². The van der Waals surface area contributed by atoms with Crippen LogP contribution in [0.1, 0.15) is 26.2 Å². The number of carbonyl (C=O) groups excluding carboxylic acids is 2. The van der Waals surface area contributed by atoms with Crippen molar-refractivity contribution in [2.45, 2.75) is 32.2 Å².